The third kappa shape index (κ3) is 3.11. The normalized spacial score (nSPS) is 10.9. The van der Waals surface area contributed by atoms with Gasteiger partial charge in [-0.25, -0.2) is 13.6 Å². The molecule has 6 nitrogen and oxygen atoms in total. The minimum atomic E-state index is -3.65. The van der Waals surface area contributed by atoms with E-state index in [1.807, 2.05) is 12.1 Å². The Bertz CT molecular complexity index is 883. The van der Waals surface area contributed by atoms with Crippen molar-refractivity contribution in [3.8, 4) is 23.4 Å². The van der Waals surface area contributed by atoms with Crippen molar-refractivity contribution in [1.29, 1.82) is 10.5 Å². The van der Waals surface area contributed by atoms with Gasteiger partial charge in [-0.05, 0) is 23.8 Å². The molecule has 21 heavy (non-hydrogen) atoms. The maximum absolute atomic E-state index is 11.1. The second kappa shape index (κ2) is 5.41. The zero-order chi connectivity index (χ0) is 15.6. The first-order chi connectivity index (χ1) is 9.85. The van der Waals surface area contributed by atoms with Crippen molar-refractivity contribution in [3.63, 3.8) is 0 Å². The van der Waals surface area contributed by atoms with Crippen molar-refractivity contribution in [3.05, 3.63) is 47.2 Å². The lowest BCUT2D eigenvalue weighted by atomic mass is 10.0. The van der Waals surface area contributed by atoms with Gasteiger partial charge in [-0.2, -0.15) is 10.5 Å². The van der Waals surface area contributed by atoms with E-state index >= 15 is 0 Å². The zero-order valence-electron chi connectivity index (χ0n) is 11.2. The zero-order valence-corrected chi connectivity index (χ0v) is 12.1. The van der Waals surface area contributed by atoms with E-state index < -0.39 is 10.0 Å². The Balaban J connectivity index is 2.54. The topological polar surface area (TPSA) is 113 Å². The van der Waals surface area contributed by atoms with Gasteiger partial charge in [-0.1, -0.05) is 12.1 Å². The highest BCUT2D eigenvalue weighted by molar-refractivity contribution is 7.88. The van der Waals surface area contributed by atoms with Crippen LogP contribution in [0.5, 0.6) is 0 Å². The van der Waals surface area contributed by atoms with Crippen LogP contribution in [0.3, 0.4) is 0 Å². The first kappa shape index (κ1) is 14.8. The first-order valence-corrected chi connectivity index (χ1v) is 7.67. The second-order valence-electron chi connectivity index (χ2n) is 4.57. The highest BCUT2D eigenvalue weighted by atomic mass is 32.2. The highest BCUT2D eigenvalue weighted by Crippen LogP contribution is 2.26. The average Bonchev–Trinajstić information content (AvgIpc) is 2.78. The predicted molar refractivity (Wildman–Crippen MR) is 77.1 cm³/mol. The van der Waals surface area contributed by atoms with Gasteiger partial charge in [0.25, 0.3) is 0 Å². The van der Waals surface area contributed by atoms with Crippen molar-refractivity contribution >= 4 is 10.0 Å². The maximum Gasteiger partial charge on any atom is 0.213 e. The van der Waals surface area contributed by atoms with Crippen molar-refractivity contribution in [2.24, 2.45) is 12.2 Å². The van der Waals surface area contributed by atoms with Crippen LogP contribution in [-0.4, -0.2) is 13.0 Å². The summed E-state index contributed by atoms with van der Waals surface area (Å²) in [7, 11) is -1.92. The maximum atomic E-state index is 11.1. The Morgan fingerprint density at radius 1 is 1.19 bits per heavy atom. The van der Waals surface area contributed by atoms with Gasteiger partial charge in [0.1, 0.15) is 11.8 Å². The number of primary sulfonamides is 1. The van der Waals surface area contributed by atoms with Crippen LogP contribution in [0, 0.1) is 22.7 Å². The minimum Gasteiger partial charge on any atom is -0.335 e. The van der Waals surface area contributed by atoms with E-state index in [0.717, 1.165) is 0 Å². The third-order valence-corrected chi connectivity index (χ3v) is 3.82. The van der Waals surface area contributed by atoms with E-state index in [4.69, 9.17) is 10.4 Å². The quantitative estimate of drug-likeness (QED) is 0.918. The van der Waals surface area contributed by atoms with Crippen molar-refractivity contribution in [1.82, 2.24) is 4.57 Å². The number of hydrogen-bond donors (Lipinski definition) is 1. The summed E-state index contributed by atoms with van der Waals surface area (Å²) < 4.78 is 23.9. The van der Waals surface area contributed by atoms with Crippen LogP contribution in [0.2, 0.25) is 0 Å². The molecule has 0 spiro atoms. The molecule has 2 N–H and O–H groups in total. The van der Waals surface area contributed by atoms with E-state index in [9.17, 15) is 13.7 Å². The Hall–Kier alpha value is -2.61. The molecule has 0 saturated carbocycles. The molecule has 1 aromatic heterocycles. The van der Waals surface area contributed by atoms with Gasteiger partial charge in [-0.3, -0.25) is 0 Å². The summed E-state index contributed by atoms with van der Waals surface area (Å²) in [4.78, 5) is 0. The fourth-order valence-electron chi connectivity index (χ4n) is 2.12. The molecule has 0 saturated heterocycles. The lowest BCUT2D eigenvalue weighted by Gasteiger charge is -2.08. The summed E-state index contributed by atoms with van der Waals surface area (Å²) in [6.07, 6.45) is 0. The molecule has 1 heterocycles. The van der Waals surface area contributed by atoms with Gasteiger partial charge < -0.3 is 4.57 Å². The number of nitrogens with zero attached hydrogens (tertiary/aromatic N) is 3. The Morgan fingerprint density at radius 2 is 1.90 bits per heavy atom. The Kier molecular flexibility index (Phi) is 3.81. The minimum absolute atomic E-state index is 0.321. The number of hydrogen-bond acceptors (Lipinski definition) is 4. The van der Waals surface area contributed by atoms with Crippen LogP contribution in [0.4, 0.5) is 0 Å². The van der Waals surface area contributed by atoms with E-state index in [2.05, 4.69) is 0 Å². The van der Waals surface area contributed by atoms with E-state index in [0.29, 0.717) is 28.1 Å². The molecular formula is C14H12N4O2S. The van der Waals surface area contributed by atoms with Gasteiger partial charge in [-0.15, -0.1) is 0 Å². The fraction of sp³-hybridized carbons (Fsp3) is 0.143. The number of aromatic nitrogens is 1. The molecule has 0 fully saturated rings. The molecule has 2 rings (SSSR count). The number of nitriles is 2. The Labute approximate surface area is 122 Å². The molecule has 7 heteroatoms. The molecule has 0 amide bonds. The smallest absolute Gasteiger partial charge is 0.213 e. The summed E-state index contributed by atoms with van der Waals surface area (Å²) in [5.74, 6) is -0.321. The predicted octanol–water partition coefficient (Wildman–Crippen LogP) is 1.22. The second-order valence-corrected chi connectivity index (χ2v) is 6.19. The van der Waals surface area contributed by atoms with Crippen molar-refractivity contribution < 1.29 is 8.42 Å². The third-order valence-electron chi connectivity index (χ3n) is 3.08. The molecule has 2 aromatic rings. The number of nitrogens with two attached hydrogens (primary N) is 1. The molecule has 1 aromatic carbocycles. The van der Waals surface area contributed by atoms with Gasteiger partial charge in [0, 0.05) is 12.6 Å². The molecule has 0 atom stereocenters. The van der Waals surface area contributed by atoms with Crippen LogP contribution >= 0.6 is 0 Å². The SMILES string of the molecule is Cn1c(C#N)ccc1-c1ccc(CS(N)(=O)=O)cc1C#N. The molecule has 0 aliphatic rings. The van der Waals surface area contributed by atoms with Crippen LogP contribution in [-0.2, 0) is 22.8 Å². The largest absolute Gasteiger partial charge is 0.335 e. The van der Waals surface area contributed by atoms with Gasteiger partial charge in [0.15, 0.2) is 0 Å². The summed E-state index contributed by atoms with van der Waals surface area (Å²) in [6.45, 7) is 0. The number of benzene rings is 1. The lowest BCUT2D eigenvalue weighted by Crippen LogP contribution is -2.14. The van der Waals surface area contributed by atoms with Crippen LogP contribution in [0.15, 0.2) is 30.3 Å². The van der Waals surface area contributed by atoms with E-state index in [1.165, 1.54) is 6.07 Å². The molecular weight excluding hydrogens is 288 g/mol. The summed E-state index contributed by atoms with van der Waals surface area (Å²) >= 11 is 0. The van der Waals surface area contributed by atoms with E-state index in [-0.39, 0.29) is 5.75 Å². The summed E-state index contributed by atoms with van der Waals surface area (Å²) in [6, 6.07) is 12.3. The Morgan fingerprint density at radius 3 is 2.43 bits per heavy atom. The first-order valence-electron chi connectivity index (χ1n) is 5.95. The molecule has 0 bridgehead atoms. The number of sulfonamides is 1. The fourth-order valence-corrected chi connectivity index (χ4v) is 2.77. The van der Waals surface area contributed by atoms with E-state index in [1.54, 1.807) is 35.9 Å². The number of rotatable bonds is 3. The van der Waals surface area contributed by atoms with Crippen molar-refractivity contribution in [2.45, 2.75) is 5.75 Å². The molecule has 0 radical (unpaired) electrons. The highest BCUT2D eigenvalue weighted by Gasteiger charge is 2.13. The van der Waals surface area contributed by atoms with Crippen LogP contribution < -0.4 is 5.14 Å². The molecule has 0 unspecified atom stereocenters. The summed E-state index contributed by atoms with van der Waals surface area (Å²) in [5, 5.41) is 23.2. The standard InChI is InChI=1S/C14H12N4O2S/c1-18-12(8-16)3-5-14(18)13-4-2-10(6-11(13)7-15)9-21(17,19)20/h2-6H,9H2,1H3,(H2,17,19,20). The summed E-state index contributed by atoms with van der Waals surface area (Å²) in [5.41, 5.74) is 2.61. The van der Waals surface area contributed by atoms with Gasteiger partial charge >= 0.3 is 0 Å². The molecule has 0 aliphatic heterocycles. The van der Waals surface area contributed by atoms with Crippen molar-refractivity contribution in [2.75, 3.05) is 0 Å². The average molecular weight is 300 g/mol. The molecule has 106 valence electrons. The van der Waals surface area contributed by atoms with Gasteiger partial charge in [0.2, 0.25) is 10.0 Å². The monoisotopic (exact) mass is 300 g/mol. The van der Waals surface area contributed by atoms with Crippen LogP contribution in [0.25, 0.3) is 11.3 Å². The van der Waals surface area contributed by atoms with Gasteiger partial charge in [0.05, 0.1) is 23.1 Å². The lowest BCUT2D eigenvalue weighted by molar-refractivity contribution is 0.597. The molecule has 0 aliphatic carbocycles. The van der Waals surface area contributed by atoms with Crippen LogP contribution in [0.1, 0.15) is 16.8 Å².